The van der Waals surface area contributed by atoms with Crippen LogP contribution in [0.1, 0.15) is 39.2 Å². The van der Waals surface area contributed by atoms with E-state index in [9.17, 15) is 0 Å². The quantitative estimate of drug-likeness (QED) is 0.376. The molecular weight excluding hydrogens is 324 g/mol. The fraction of sp³-hybridized carbons (Fsp3) is 0.391. The Morgan fingerprint density at radius 1 is 0.885 bits per heavy atom. The van der Waals surface area contributed by atoms with Crippen molar-refractivity contribution < 1.29 is 14.2 Å². The molecule has 1 unspecified atom stereocenters. The third-order valence-corrected chi connectivity index (χ3v) is 4.58. The predicted molar refractivity (Wildman–Crippen MR) is 107 cm³/mol. The second-order valence-electron chi connectivity index (χ2n) is 6.81. The Hall–Kier alpha value is -2.10. The highest BCUT2D eigenvalue weighted by Crippen LogP contribution is 2.39. The van der Waals surface area contributed by atoms with E-state index in [1.165, 1.54) is 22.1 Å². The Bertz CT molecular complexity index is 825. The molecular formula is C23H28O3. The van der Waals surface area contributed by atoms with E-state index in [4.69, 9.17) is 14.2 Å². The van der Waals surface area contributed by atoms with Crippen molar-refractivity contribution >= 4 is 10.8 Å². The molecule has 0 saturated carbocycles. The van der Waals surface area contributed by atoms with Crippen LogP contribution < -0.4 is 4.74 Å². The number of hydrogen-bond donors (Lipinski definition) is 0. The van der Waals surface area contributed by atoms with Gasteiger partial charge in [-0.25, -0.2) is 0 Å². The molecule has 0 aliphatic heterocycles. The first-order chi connectivity index (χ1) is 12.6. The molecule has 1 aromatic carbocycles. The Morgan fingerprint density at radius 3 is 2.46 bits per heavy atom. The molecule has 0 heterocycles. The molecule has 0 N–H and O–H groups in total. The SMILES string of the molecule is CCOCCOC(C)Oc1cccc2c3cccc(C(C)C)cc-3cc12. The van der Waals surface area contributed by atoms with Crippen molar-refractivity contribution in [2.45, 2.75) is 39.9 Å². The van der Waals surface area contributed by atoms with Gasteiger partial charge in [-0.1, -0.05) is 50.2 Å². The first-order valence-corrected chi connectivity index (χ1v) is 9.41. The van der Waals surface area contributed by atoms with Gasteiger partial charge in [0, 0.05) is 12.0 Å². The van der Waals surface area contributed by atoms with Gasteiger partial charge in [0.15, 0.2) is 6.29 Å². The molecule has 3 nitrogen and oxygen atoms in total. The lowest BCUT2D eigenvalue weighted by Crippen LogP contribution is -2.19. The standard InChI is InChI=1S/C23H28O3/c1-5-24-12-13-25-17(4)26-23-11-7-10-21-20-9-6-8-18(16(2)3)14-19(20)15-22(21)23/h6-11,14-17H,5,12-13H2,1-4H3. The molecule has 0 saturated heterocycles. The van der Waals surface area contributed by atoms with Gasteiger partial charge in [-0.2, -0.15) is 0 Å². The summed E-state index contributed by atoms with van der Waals surface area (Å²) in [4.78, 5) is 0. The minimum absolute atomic E-state index is 0.318. The molecule has 0 fully saturated rings. The molecule has 3 rings (SSSR count). The number of benzene rings is 1. The summed E-state index contributed by atoms with van der Waals surface area (Å²) in [6.07, 6.45) is -0.318. The smallest absolute Gasteiger partial charge is 0.197 e. The van der Waals surface area contributed by atoms with E-state index in [-0.39, 0.29) is 6.29 Å². The van der Waals surface area contributed by atoms with Crippen LogP contribution in [0.25, 0.3) is 21.9 Å². The van der Waals surface area contributed by atoms with E-state index >= 15 is 0 Å². The third kappa shape index (κ3) is 4.17. The zero-order chi connectivity index (χ0) is 18.5. The van der Waals surface area contributed by atoms with E-state index in [1.54, 1.807) is 0 Å². The van der Waals surface area contributed by atoms with Crippen LogP contribution in [0.4, 0.5) is 0 Å². The highest BCUT2D eigenvalue weighted by molar-refractivity contribution is 6.05. The van der Waals surface area contributed by atoms with E-state index in [2.05, 4.69) is 50.2 Å². The predicted octanol–water partition coefficient (Wildman–Crippen LogP) is 5.85. The normalized spacial score (nSPS) is 12.8. The summed E-state index contributed by atoms with van der Waals surface area (Å²) in [6.45, 7) is 10.2. The van der Waals surface area contributed by atoms with Crippen molar-refractivity contribution in [2.24, 2.45) is 0 Å². The fourth-order valence-electron chi connectivity index (χ4n) is 3.20. The van der Waals surface area contributed by atoms with Crippen LogP contribution >= 0.6 is 0 Å². The van der Waals surface area contributed by atoms with E-state index < -0.39 is 0 Å². The van der Waals surface area contributed by atoms with Gasteiger partial charge in [0.05, 0.1) is 13.2 Å². The van der Waals surface area contributed by atoms with E-state index in [0.29, 0.717) is 25.7 Å². The number of ether oxygens (including phenoxy) is 3. The van der Waals surface area contributed by atoms with Gasteiger partial charge in [0.25, 0.3) is 0 Å². The molecule has 0 amide bonds. The summed E-state index contributed by atoms with van der Waals surface area (Å²) in [7, 11) is 0. The molecule has 2 aliphatic carbocycles. The number of rotatable bonds is 8. The number of fused-ring (bicyclic) bond motifs is 3. The van der Waals surface area contributed by atoms with Crippen molar-refractivity contribution in [3.63, 3.8) is 0 Å². The van der Waals surface area contributed by atoms with Gasteiger partial charge in [-0.15, -0.1) is 0 Å². The zero-order valence-corrected chi connectivity index (χ0v) is 16.1. The summed E-state index contributed by atoms with van der Waals surface area (Å²) in [5.41, 5.74) is 3.84. The van der Waals surface area contributed by atoms with Crippen molar-refractivity contribution in [3.05, 3.63) is 54.1 Å². The third-order valence-electron chi connectivity index (χ3n) is 4.58. The van der Waals surface area contributed by atoms with Crippen LogP contribution in [0.2, 0.25) is 0 Å². The lowest BCUT2D eigenvalue weighted by molar-refractivity contribution is -0.0819. The van der Waals surface area contributed by atoms with Crippen LogP contribution in [-0.2, 0) is 9.47 Å². The molecule has 138 valence electrons. The Labute approximate surface area is 156 Å². The van der Waals surface area contributed by atoms with E-state index in [0.717, 1.165) is 11.1 Å². The lowest BCUT2D eigenvalue weighted by atomic mass is 10.0. The molecule has 0 bridgehead atoms. The minimum atomic E-state index is -0.318. The molecule has 1 atom stereocenters. The van der Waals surface area contributed by atoms with Gasteiger partial charge in [-0.3, -0.25) is 0 Å². The Balaban J connectivity index is 1.88. The summed E-state index contributed by atoms with van der Waals surface area (Å²) in [6, 6.07) is 17.2. The maximum atomic E-state index is 6.06. The second kappa shape index (κ2) is 8.52. The summed E-state index contributed by atoms with van der Waals surface area (Å²) in [5.74, 6) is 1.36. The minimum Gasteiger partial charge on any atom is -0.465 e. The first kappa shape index (κ1) is 18.7. The maximum Gasteiger partial charge on any atom is 0.197 e. The highest BCUT2D eigenvalue weighted by atomic mass is 16.7. The van der Waals surface area contributed by atoms with Gasteiger partial charge in [0.1, 0.15) is 5.75 Å². The van der Waals surface area contributed by atoms with Gasteiger partial charge < -0.3 is 14.2 Å². The first-order valence-electron chi connectivity index (χ1n) is 9.41. The van der Waals surface area contributed by atoms with Crippen LogP contribution in [-0.4, -0.2) is 26.1 Å². The Kier molecular flexibility index (Phi) is 6.12. The summed E-state index contributed by atoms with van der Waals surface area (Å²) < 4.78 is 17.1. The van der Waals surface area contributed by atoms with Gasteiger partial charge in [0.2, 0.25) is 0 Å². The number of hydrogen-bond acceptors (Lipinski definition) is 3. The van der Waals surface area contributed by atoms with Crippen LogP contribution in [0.3, 0.4) is 0 Å². The van der Waals surface area contributed by atoms with Crippen LogP contribution in [0, 0.1) is 0 Å². The molecule has 0 spiro atoms. The van der Waals surface area contributed by atoms with Crippen LogP contribution in [0.15, 0.2) is 48.5 Å². The molecule has 1 aromatic rings. The van der Waals surface area contributed by atoms with Gasteiger partial charge >= 0.3 is 0 Å². The van der Waals surface area contributed by atoms with Crippen molar-refractivity contribution in [1.82, 2.24) is 0 Å². The topological polar surface area (TPSA) is 27.7 Å². The molecule has 0 radical (unpaired) electrons. The summed E-state index contributed by atoms with van der Waals surface area (Å²) in [5, 5.41) is 2.34. The van der Waals surface area contributed by atoms with Gasteiger partial charge in [-0.05, 0) is 54.0 Å². The van der Waals surface area contributed by atoms with Crippen LogP contribution in [0.5, 0.6) is 5.75 Å². The molecule has 26 heavy (non-hydrogen) atoms. The Morgan fingerprint density at radius 2 is 1.69 bits per heavy atom. The highest BCUT2D eigenvalue weighted by Gasteiger charge is 2.15. The maximum absolute atomic E-state index is 6.06. The fourth-order valence-corrected chi connectivity index (χ4v) is 3.20. The molecule has 3 heteroatoms. The van der Waals surface area contributed by atoms with Crippen molar-refractivity contribution in [3.8, 4) is 16.9 Å². The lowest BCUT2D eigenvalue weighted by Gasteiger charge is -2.16. The average Bonchev–Trinajstić information content (AvgIpc) is 2.83. The second-order valence-corrected chi connectivity index (χ2v) is 6.81. The zero-order valence-electron chi connectivity index (χ0n) is 16.1. The molecule has 2 aliphatic rings. The average molecular weight is 352 g/mol. The molecule has 0 aromatic heterocycles. The summed E-state index contributed by atoms with van der Waals surface area (Å²) >= 11 is 0. The van der Waals surface area contributed by atoms with Crippen molar-refractivity contribution in [2.75, 3.05) is 19.8 Å². The largest absolute Gasteiger partial charge is 0.465 e. The van der Waals surface area contributed by atoms with E-state index in [1.807, 2.05) is 26.0 Å². The monoisotopic (exact) mass is 352 g/mol. The van der Waals surface area contributed by atoms with Crippen molar-refractivity contribution in [1.29, 1.82) is 0 Å².